The molecule has 1 spiro atoms. The first-order chi connectivity index (χ1) is 13.5. The summed E-state index contributed by atoms with van der Waals surface area (Å²) in [6, 6.07) is 11.5. The second kappa shape index (κ2) is 7.57. The summed E-state index contributed by atoms with van der Waals surface area (Å²) < 4.78 is 5.87. The van der Waals surface area contributed by atoms with Crippen LogP contribution in [0.4, 0.5) is 5.69 Å². The van der Waals surface area contributed by atoms with Crippen molar-refractivity contribution >= 4 is 29.4 Å². The lowest BCUT2D eigenvalue weighted by Gasteiger charge is -2.38. The Bertz CT molecular complexity index is 920. The molecular formula is C22H24ClN3O2. The molecule has 2 aliphatic heterocycles. The van der Waals surface area contributed by atoms with Crippen molar-refractivity contribution in [2.45, 2.75) is 25.2 Å². The van der Waals surface area contributed by atoms with Crippen LogP contribution in [0.15, 0.2) is 36.4 Å². The van der Waals surface area contributed by atoms with Crippen molar-refractivity contribution in [3.05, 3.63) is 58.1 Å². The van der Waals surface area contributed by atoms with Gasteiger partial charge in [-0.15, -0.1) is 0 Å². The zero-order valence-electron chi connectivity index (χ0n) is 15.9. The minimum absolute atomic E-state index is 0.0968. The molecule has 2 aliphatic rings. The molecule has 2 aromatic carbocycles. The molecule has 1 fully saturated rings. The number of halogens is 1. The Labute approximate surface area is 170 Å². The predicted octanol–water partition coefficient (Wildman–Crippen LogP) is 4.01. The predicted molar refractivity (Wildman–Crippen MR) is 112 cm³/mol. The van der Waals surface area contributed by atoms with Crippen molar-refractivity contribution < 1.29 is 9.53 Å². The number of piperidine rings is 1. The number of fused-ring (bicyclic) bond motifs is 2. The zero-order valence-corrected chi connectivity index (χ0v) is 16.7. The molecule has 1 saturated heterocycles. The maximum absolute atomic E-state index is 12.7. The highest BCUT2D eigenvalue weighted by molar-refractivity contribution is 6.31. The van der Waals surface area contributed by atoms with E-state index in [-0.39, 0.29) is 5.91 Å². The molecule has 146 valence electrons. The summed E-state index contributed by atoms with van der Waals surface area (Å²) in [4.78, 5) is 15.0. The molecule has 0 unspecified atom stereocenters. The van der Waals surface area contributed by atoms with Crippen molar-refractivity contribution in [1.82, 2.24) is 4.90 Å². The SMILES string of the molecule is Cc1ccc(OCCN2CCC3(CC2)C(=O)Nc2ccc(Cl)cc23)cc1C=N. The Hall–Kier alpha value is -2.37. The quantitative estimate of drug-likeness (QED) is 0.749. The summed E-state index contributed by atoms with van der Waals surface area (Å²) >= 11 is 6.18. The molecule has 0 saturated carbocycles. The van der Waals surface area contributed by atoms with Gasteiger partial charge >= 0.3 is 0 Å². The van der Waals surface area contributed by atoms with Gasteiger partial charge in [-0.3, -0.25) is 9.69 Å². The van der Waals surface area contributed by atoms with Crippen LogP contribution < -0.4 is 10.1 Å². The number of anilines is 1. The van der Waals surface area contributed by atoms with E-state index in [0.29, 0.717) is 11.6 Å². The van der Waals surface area contributed by atoms with Crippen LogP contribution in [-0.4, -0.2) is 43.3 Å². The summed E-state index contributed by atoms with van der Waals surface area (Å²) in [6.45, 7) is 5.08. The van der Waals surface area contributed by atoms with Crippen LogP contribution in [0.25, 0.3) is 0 Å². The van der Waals surface area contributed by atoms with E-state index < -0.39 is 5.41 Å². The van der Waals surface area contributed by atoms with Gasteiger partial charge in [-0.1, -0.05) is 17.7 Å². The molecule has 4 rings (SSSR count). The molecule has 2 N–H and O–H groups in total. The molecule has 2 aromatic rings. The van der Waals surface area contributed by atoms with Gasteiger partial charge in [-0.2, -0.15) is 0 Å². The van der Waals surface area contributed by atoms with Gasteiger partial charge in [-0.25, -0.2) is 0 Å². The Kier molecular flexibility index (Phi) is 5.13. The van der Waals surface area contributed by atoms with E-state index >= 15 is 0 Å². The van der Waals surface area contributed by atoms with Gasteiger partial charge in [0.2, 0.25) is 5.91 Å². The maximum atomic E-state index is 12.7. The van der Waals surface area contributed by atoms with Crippen LogP contribution >= 0.6 is 11.6 Å². The van der Waals surface area contributed by atoms with Crippen LogP contribution in [0.5, 0.6) is 5.75 Å². The number of hydrogen-bond acceptors (Lipinski definition) is 4. The second-order valence-corrected chi connectivity index (χ2v) is 8.02. The van der Waals surface area contributed by atoms with Crippen LogP contribution in [0, 0.1) is 12.3 Å². The van der Waals surface area contributed by atoms with Crippen molar-refractivity contribution in [1.29, 1.82) is 5.41 Å². The van der Waals surface area contributed by atoms with Crippen LogP contribution in [0.1, 0.15) is 29.5 Å². The molecule has 1 amide bonds. The first-order valence-corrected chi connectivity index (χ1v) is 9.97. The molecular weight excluding hydrogens is 374 g/mol. The minimum Gasteiger partial charge on any atom is -0.492 e. The lowest BCUT2D eigenvalue weighted by atomic mass is 9.73. The molecule has 0 atom stereocenters. The number of nitrogens with one attached hydrogen (secondary N) is 2. The first kappa shape index (κ1) is 19.0. The summed E-state index contributed by atoms with van der Waals surface area (Å²) in [5.74, 6) is 0.885. The highest BCUT2D eigenvalue weighted by Gasteiger charge is 2.48. The summed E-state index contributed by atoms with van der Waals surface area (Å²) in [6.07, 6.45) is 2.92. The van der Waals surface area contributed by atoms with Gasteiger partial charge in [0.1, 0.15) is 12.4 Å². The van der Waals surface area contributed by atoms with Crippen molar-refractivity contribution in [3.63, 3.8) is 0 Å². The topological polar surface area (TPSA) is 65.4 Å². The molecule has 28 heavy (non-hydrogen) atoms. The van der Waals surface area contributed by atoms with Gasteiger partial charge in [0.25, 0.3) is 0 Å². The van der Waals surface area contributed by atoms with Crippen molar-refractivity contribution in [2.75, 3.05) is 31.6 Å². The van der Waals surface area contributed by atoms with Gasteiger partial charge in [0.15, 0.2) is 0 Å². The van der Waals surface area contributed by atoms with E-state index in [1.54, 1.807) is 0 Å². The number of likely N-dealkylation sites (tertiary alicyclic amines) is 1. The van der Waals surface area contributed by atoms with Crippen molar-refractivity contribution in [3.8, 4) is 5.75 Å². The first-order valence-electron chi connectivity index (χ1n) is 9.60. The van der Waals surface area contributed by atoms with Crippen LogP contribution in [0.2, 0.25) is 5.02 Å². The number of aryl methyl sites for hydroxylation is 1. The Morgan fingerprint density at radius 2 is 2.04 bits per heavy atom. The average molecular weight is 398 g/mol. The fraction of sp³-hybridized carbons (Fsp3) is 0.364. The fourth-order valence-corrected chi connectivity index (χ4v) is 4.37. The van der Waals surface area contributed by atoms with E-state index in [2.05, 4.69) is 10.2 Å². The standard InChI is InChI=1S/C22H24ClN3O2/c1-15-2-4-18(12-16(15)14-24)28-11-10-26-8-6-22(7-9-26)19-13-17(23)3-5-20(19)25-21(22)27/h2-5,12-14,24H,6-11H2,1H3,(H,25,27). The van der Waals surface area contributed by atoms with Gasteiger partial charge in [0.05, 0.1) is 5.41 Å². The number of nitrogens with zero attached hydrogens (tertiary/aromatic N) is 1. The van der Waals surface area contributed by atoms with Crippen molar-refractivity contribution in [2.24, 2.45) is 0 Å². The number of carbonyl (C=O) groups is 1. The van der Waals surface area contributed by atoms with E-state index in [0.717, 1.165) is 60.6 Å². The van der Waals surface area contributed by atoms with Crippen LogP contribution in [0.3, 0.4) is 0 Å². The molecule has 0 aliphatic carbocycles. The van der Waals surface area contributed by atoms with E-state index in [1.807, 2.05) is 43.3 Å². The number of hydrogen-bond donors (Lipinski definition) is 2. The monoisotopic (exact) mass is 397 g/mol. The summed E-state index contributed by atoms with van der Waals surface area (Å²) in [5, 5.41) is 11.1. The van der Waals surface area contributed by atoms with E-state index in [4.69, 9.17) is 21.7 Å². The summed E-state index contributed by atoms with van der Waals surface area (Å²) in [7, 11) is 0. The van der Waals surface area contributed by atoms with Gasteiger partial charge < -0.3 is 15.5 Å². The number of rotatable bonds is 5. The maximum Gasteiger partial charge on any atom is 0.235 e. The highest BCUT2D eigenvalue weighted by Crippen LogP contribution is 2.45. The normalized spacial score (nSPS) is 18.0. The number of amides is 1. The van der Waals surface area contributed by atoms with E-state index in [9.17, 15) is 4.79 Å². The number of benzene rings is 2. The third-order valence-corrected chi connectivity index (χ3v) is 6.21. The molecule has 0 bridgehead atoms. The molecule has 5 nitrogen and oxygen atoms in total. The molecule has 0 radical (unpaired) electrons. The molecule has 0 aromatic heterocycles. The van der Waals surface area contributed by atoms with Crippen LogP contribution in [-0.2, 0) is 10.2 Å². The second-order valence-electron chi connectivity index (χ2n) is 7.58. The molecule has 6 heteroatoms. The molecule has 2 heterocycles. The Morgan fingerprint density at radius 1 is 1.25 bits per heavy atom. The number of carbonyl (C=O) groups excluding carboxylic acids is 1. The largest absolute Gasteiger partial charge is 0.492 e. The van der Waals surface area contributed by atoms with Gasteiger partial charge in [0, 0.05) is 23.5 Å². The summed E-state index contributed by atoms with van der Waals surface area (Å²) in [5.41, 5.74) is 3.43. The Balaban J connectivity index is 1.35. The third-order valence-electron chi connectivity index (χ3n) is 5.97. The number of ether oxygens (including phenoxy) is 1. The zero-order chi connectivity index (χ0) is 19.7. The minimum atomic E-state index is -0.451. The highest BCUT2D eigenvalue weighted by atomic mass is 35.5. The smallest absolute Gasteiger partial charge is 0.235 e. The lowest BCUT2D eigenvalue weighted by Crippen LogP contribution is -2.47. The third kappa shape index (κ3) is 3.40. The average Bonchev–Trinajstić information content (AvgIpc) is 2.96. The van der Waals surface area contributed by atoms with Gasteiger partial charge in [-0.05, 0) is 79.9 Å². The Morgan fingerprint density at radius 3 is 2.79 bits per heavy atom. The lowest BCUT2D eigenvalue weighted by molar-refractivity contribution is -0.122. The fourth-order valence-electron chi connectivity index (χ4n) is 4.20. The van der Waals surface area contributed by atoms with E-state index in [1.165, 1.54) is 6.21 Å².